The molecule has 0 aliphatic carbocycles. The van der Waals surface area contributed by atoms with Gasteiger partial charge in [-0.25, -0.2) is 0 Å². The minimum atomic E-state index is -0.397. The second-order valence-electron chi connectivity index (χ2n) is 6.58. The summed E-state index contributed by atoms with van der Waals surface area (Å²) >= 11 is 6.16. The van der Waals surface area contributed by atoms with Gasteiger partial charge >= 0.3 is 0 Å². The zero-order chi connectivity index (χ0) is 17.0. The Hall–Kier alpha value is -1.55. The molecule has 0 saturated carbocycles. The molecule has 2 rings (SSSR count). The smallest absolute Gasteiger partial charge is 0.245 e. The molecular formula is C18H25ClN2O2. The topological polar surface area (TPSA) is 40.6 Å². The predicted octanol–water partition coefficient (Wildman–Crippen LogP) is 3.34. The zero-order valence-corrected chi connectivity index (χ0v) is 14.8. The number of carbonyl (C=O) groups is 2. The van der Waals surface area contributed by atoms with Crippen molar-refractivity contribution in [3.05, 3.63) is 34.9 Å². The Morgan fingerprint density at radius 1 is 1.26 bits per heavy atom. The van der Waals surface area contributed by atoms with E-state index in [2.05, 4.69) is 13.8 Å². The first-order chi connectivity index (χ1) is 10.9. The average Bonchev–Trinajstić information content (AvgIpc) is 2.50. The predicted molar refractivity (Wildman–Crippen MR) is 92.1 cm³/mol. The highest BCUT2D eigenvalue weighted by atomic mass is 35.5. The molecule has 1 fully saturated rings. The number of hydrogen-bond acceptors (Lipinski definition) is 2. The third kappa shape index (κ3) is 4.47. The molecule has 2 amide bonds. The molecule has 1 saturated heterocycles. The van der Waals surface area contributed by atoms with E-state index in [9.17, 15) is 9.59 Å². The molecule has 5 heteroatoms. The van der Waals surface area contributed by atoms with E-state index >= 15 is 0 Å². The van der Waals surface area contributed by atoms with Crippen LogP contribution in [0.15, 0.2) is 24.3 Å². The number of halogens is 1. The molecule has 1 aliphatic rings. The number of benzene rings is 1. The summed E-state index contributed by atoms with van der Waals surface area (Å²) in [4.78, 5) is 28.3. The lowest BCUT2D eigenvalue weighted by Crippen LogP contribution is -2.58. The molecule has 23 heavy (non-hydrogen) atoms. The Bertz CT molecular complexity index is 574. The zero-order valence-electron chi connectivity index (χ0n) is 14.1. The van der Waals surface area contributed by atoms with E-state index in [1.165, 1.54) is 0 Å². The molecule has 0 spiro atoms. The van der Waals surface area contributed by atoms with Gasteiger partial charge in [0.15, 0.2) is 0 Å². The van der Waals surface area contributed by atoms with E-state index in [0.29, 0.717) is 24.0 Å². The molecule has 0 N–H and O–H groups in total. The number of nitrogens with zero attached hydrogens (tertiary/aromatic N) is 2. The van der Waals surface area contributed by atoms with Gasteiger partial charge in [-0.2, -0.15) is 0 Å². The van der Waals surface area contributed by atoms with E-state index in [4.69, 9.17) is 11.6 Å². The monoisotopic (exact) mass is 336 g/mol. The van der Waals surface area contributed by atoms with Crippen LogP contribution in [0.1, 0.15) is 39.2 Å². The van der Waals surface area contributed by atoms with Crippen LogP contribution in [0, 0.1) is 5.92 Å². The summed E-state index contributed by atoms with van der Waals surface area (Å²) in [7, 11) is 0. The maximum atomic E-state index is 12.6. The van der Waals surface area contributed by atoms with Crippen molar-refractivity contribution in [2.45, 2.75) is 46.2 Å². The van der Waals surface area contributed by atoms with Crippen molar-refractivity contribution in [1.29, 1.82) is 0 Å². The Kier molecular flexibility index (Phi) is 6.05. The van der Waals surface area contributed by atoms with Crippen LogP contribution in [0.25, 0.3) is 0 Å². The van der Waals surface area contributed by atoms with Crippen LogP contribution < -0.4 is 0 Å². The lowest BCUT2D eigenvalue weighted by molar-refractivity contribution is -0.155. The Morgan fingerprint density at radius 3 is 2.61 bits per heavy atom. The largest absolute Gasteiger partial charge is 0.329 e. The second kappa shape index (κ2) is 7.82. The summed E-state index contributed by atoms with van der Waals surface area (Å²) in [6.45, 7) is 7.32. The molecule has 0 unspecified atom stereocenters. The Morgan fingerprint density at radius 2 is 1.96 bits per heavy atom. The third-order valence-corrected chi connectivity index (χ3v) is 4.65. The van der Waals surface area contributed by atoms with Gasteiger partial charge in [0.2, 0.25) is 11.8 Å². The van der Waals surface area contributed by atoms with Crippen molar-refractivity contribution in [2.24, 2.45) is 5.92 Å². The van der Waals surface area contributed by atoms with Gasteiger partial charge in [0, 0.05) is 18.1 Å². The summed E-state index contributed by atoms with van der Waals surface area (Å²) in [6, 6.07) is 7.03. The number of rotatable bonds is 6. The summed E-state index contributed by atoms with van der Waals surface area (Å²) in [6.07, 6.45) is 2.00. The van der Waals surface area contributed by atoms with E-state index < -0.39 is 6.04 Å². The van der Waals surface area contributed by atoms with Crippen LogP contribution in [-0.4, -0.2) is 40.7 Å². The molecule has 1 aliphatic heterocycles. The van der Waals surface area contributed by atoms with Crippen molar-refractivity contribution in [1.82, 2.24) is 9.80 Å². The summed E-state index contributed by atoms with van der Waals surface area (Å²) in [5, 5.41) is 0.625. The lowest BCUT2D eigenvalue weighted by atomic mass is 10.1. The van der Waals surface area contributed by atoms with E-state index in [-0.39, 0.29) is 18.4 Å². The van der Waals surface area contributed by atoms with Crippen LogP contribution >= 0.6 is 11.6 Å². The molecule has 126 valence electrons. The van der Waals surface area contributed by atoms with Crippen molar-refractivity contribution in [2.75, 3.05) is 13.1 Å². The van der Waals surface area contributed by atoms with Crippen molar-refractivity contribution in [3.8, 4) is 0 Å². The Labute approximate surface area is 143 Å². The van der Waals surface area contributed by atoms with Gasteiger partial charge in [-0.3, -0.25) is 9.59 Å². The fourth-order valence-corrected chi connectivity index (χ4v) is 3.10. The van der Waals surface area contributed by atoms with Gasteiger partial charge in [-0.1, -0.05) is 43.6 Å². The molecule has 0 bridgehead atoms. The molecule has 0 radical (unpaired) electrons. The first-order valence-corrected chi connectivity index (χ1v) is 8.59. The number of amides is 2. The highest BCUT2D eigenvalue weighted by Gasteiger charge is 2.36. The normalized spacial score (nSPS) is 18.9. The van der Waals surface area contributed by atoms with Gasteiger partial charge in [0.05, 0.1) is 0 Å². The second-order valence-corrected chi connectivity index (χ2v) is 6.99. The maximum Gasteiger partial charge on any atom is 0.245 e. The van der Waals surface area contributed by atoms with Crippen molar-refractivity contribution in [3.63, 3.8) is 0 Å². The average molecular weight is 337 g/mol. The number of piperazine rings is 1. The van der Waals surface area contributed by atoms with Crippen molar-refractivity contribution < 1.29 is 9.59 Å². The SMILES string of the molecule is CC(C)CCCN1C(=O)CN(Cc2ccccc2Cl)C(=O)[C@@H]1C. The van der Waals surface area contributed by atoms with Crippen LogP contribution in [-0.2, 0) is 16.1 Å². The van der Waals surface area contributed by atoms with Crippen molar-refractivity contribution >= 4 is 23.4 Å². The fraction of sp³-hybridized carbons (Fsp3) is 0.556. The number of hydrogen-bond donors (Lipinski definition) is 0. The number of carbonyl (C=O) groups excluding carboxylic acids is 2. The van der Waals surface area contributed by atoms with Gasteiger partial charge < -0.3 is 9.80 Å². The maximum absolute atomic E-state index is 12.6. The molecule has 1 heterocycles. The highest BCUT2D eigenvalue weighted by Crippen LogP contribution is 2.21. The van der Waals surface area contributed by atoms with E-state index in [1.807, 2.05) is 25.1 Å². The first-order valence-electron chi connectivity index (χ1n) is 8.21. The van der Waals surface area contributed by atoms with Gasteiger partial charge in [0.25, 0.3) is 0 Å². The summed E-state index contributed by atoms with van der Waals surface area (Å²) in [5.41, 5.74) is 0.871. The van der Waals surface area contributed by atoms with Gasteiger partial charge in [0.1, 0.15) is 12.6 Å². The van der Waals surface area contributed by atoms with Gasteiger partial charge in [-0.15, -0.1) is 0 Å². The minimum absolute atomic E-state index is 0.00549. The first kappa shape index (κ1) is 17.8. The van der Waals surface area contributed by atoms with E-state index in [0.717, 1.165) is 18.4 Å². The third-order valence-electron chi connectivity index (χ3n) is 4.28. The molecule has 1 aromatic carbocycles. The van der Waals surface area contributed by atoms with Gasteiger partial charge in [-0.05, 0) is 37.3 Å². The molecule has 1 atom stereocenters. The molecule has 0 aromatic heterocycles. The molecular weight excluding hydrogens is 312 g/mol. The van der Waals surface area contributed by atoms with Crippen LogP contribution in [0.4, 0.5) is 0 Å². The quantitative estimate of drug-likeness (QED) is 0.799. The highest BCUT2D eigenvalue weighted by molar-refractivity contribution is 6.31. The lowest BCUT2D eigenvalue weighted by Gasteiger charge is -2.39. The summed E-state index contributed by atoms with van der Waals surface area (Å²) in [5.74, 6) is 0.625. The molecule has 1 aromatic rings. The van der Waals surface area contributed by atoms with E-state index in [1.54, 1.807) is 15.9 Å². The van der Waals surface area contributed by atoms with Crippen LogP contribution in [0.2, 0.25) is 5.02 Å². The van der Waals surface area contributed by atoms with Crippen LogP contribution in [0.3, 0.4) is 0 Å². The fourth-order valence-electron chi connectivity index (χ4n) is 2.90. The molecule has 4 nitrogen and oxygen atoms in total. The Balaban J connectivity index is 2.01. The van der Waals surface area contributed by atoms with Crippen LogP contribution in [0.5, 0.6) is 0 Å². The standard InChI is InChI=1S/C18H25ClN2O2/c1-13(2)7-6-10-21-14(3)18(23)20(12-17(21)22)11-15-8-4-5-9-16(15)19/h4-5,8-9,13-14H,6-7,10-12H2,1-3H3/t14-/m0/s1. The summed E-state index contributed by atoms with van der Waals surface area (Å²) < 4.78 is 0. The minimum Gasteiger partial charge on any atom is -0.329 e.